The summed E-state index contributed by atoms with van der Waals surface area (Å²) < 4.78 is 6.18. The van der Waals surface area contributed by atoms with Crippen LogP contribution in [0.25, 0.3) is 10.8 Å². The van der Waals surface area contributed by atoms with Crippen molar-refractivity contribution >= 4 is 28.2 Å². The number of fused-ring (bicyclic) bond motifs is 3. The average Bonchev–Trinajstić information content (AvgIpc) is 2.55. The highest BCUT2D eigenvalue weighted by Crippen LogP contribution is 2.39. The van der Waals surface area contributed by atoms with Crippen LogP contribution in [0, 0.1) is 0 Å². The number of rotatable bonds is 1. The maximum Gasteiger partial charge on any atom is 0.170 e. The Morgan fingerprint density at radius 1 is 0.955 bits per heavy atom. The lowest BCUT2D eigenvalue weighted by Crippen LogP contribution is -2.20. The first-order valence-corrected chi connectivity index (χ1v) is 7.57. The van der Waals surface area contributed by atoms with Gasteiger partial charge in [-0.3, -0.25) is 4.79 Å². The summed E-state index contributed by atoms with van der Waals surface area (Å²) in [5.74, 6) is 0.807. The van der Waals surface area contributed by atoms with Gasteiger partial charge in [-0.15, -0.1) is 0 Å². The molecular weight excluding hydrogens is 296 g/mol. The third-order valence-electron chi connectivity index (χ3n) is 4.05. The van der Waals surface area contributed by atoms with Crippen molar-refractivity contribution in [3.05, 3.63) is 76.8 Å². The summed E-state index contributed by atoms with van der Waals surface area (Å²) in [4.78, 5) is 12.5. The number of ketones is 1. The van der Waals surface area contributed by atoms with Crippen LogP contribution >= 0.6 is 11.6 Å². The molecule has 1 unspecified atom stereocenters. The molecule has 3 aromatic rings. The molecule has 108 valence electrons. The van der Waals surface area contributed by atoms with Crippen molar-refractivity contribution in [1.29, 1.82) is 0 Å². The van der Waals surface area contributed by atoms with Gasteiger partial charge in [-0.1, -0.05) is 54.1 Å². The fourth-order valence-electron chi connectivity index (χ4n) is 2.92. The minimum atomic E-state index is -0.261. The van der Waals surface area contributed by atoms with Gasteiger partial charge in [0.1, 0.15) is 11.9 Å². The highest BCUT2D eigenvalue weighted by Gasteiger charge is 2.28. The zero-order valence-corrected chi connectivity index (χ0v) is 12.5. The van der Waals surface area contributed by atoms with Gasteiger partial charge >= 0.3 is 0 Å². The predicted octanol–water partition coefficient (Wildman–Crippen LogP) is 5.20. The summed E-state index contributed by atoms with van der Waals surface area (Å²) in [6.07, 6.45) is 0.0931. The molecule has 0 aromatic heterocycles. The van der Waals surface area contributed by atoms with Crippen LogP contribution < -0.4 is 4.74 Å². The summed E-state index contributed by atoms with van der Waals surface area (Å²) in [7, 11) is 0. The first-order chi connectivity index (χ1) is 10.7. The molecule has 2 nitrogen and oxygen atoms in total. The topological polar surface area (TPSA) is 26.3 Å². The lowest BCUT2D eigenvalue weighted by atomic mass is 9.94. The Morgan fingerprint density at radius 2 is 1.73 bits per heavy atom. The van der Waals surface area contributed by atoms with E-state index in [0.717, 1.165) is 16.3 Å². The van der Waals surface area contributed by atoms with E-state index in [1.54, 1.807) is 0 Å². The second-order valence-corrected chi connectivity index (χ2v) is 5.89. The quantitative estimate of drug-likeness (QED) is 0.617. The Balaban J connectivity index is 1.83. The molecule has 0 saturated heterocycles. The molecule has 1 heterocycles. The SMILES string of the molecule is O=C1CC(c2ccc(Cl)cc2)Oc2c1ccc1ccccc21. The molecule has 1 aliphatic rings. The van der Waals surface area contributed by atoms with Crippen molar-refractivity contribution in [2.24, 2.45) is 0 Å². The van der Waals surface area contributed by atoms with E-state index in [4.69, 9.17) is 16.3 Å². The molecule has 3 heteroatoms. The molecule has 0 N–H and O–H groups in total. The number of carbonyl (C=O) groups excluding carboxylic acids is 1. The van der Waals surface area contributed by atoms with Gasteiger partial charge in [0.05, 0.1) is 12.0 Å². The number of hydrogen-bond donors (Lipinski definition) is 0. The Bertz CT molecular complexity index is 868. The van der Waals surface area contributed by atoms with Crippen LogP contribution in [0.5, 0.6) is 5.75 Å². The number of hydrogen-bond acceptors (Lipinski definition) is 2. The van der Waals surface area contributed by atoms with Gasteiger partial charge in [0, 0.05) is 10.4 Å². The third kappa shape index (κ3) is 2.16. The van der Waals surface area contributed by atoms with Gasteiger partial charge in [0.25, 0.3) is 0 Å². The largest absolute Gasteiger partial charge is 0.484 e. The maximum absolute atomic E-state index is 12.5. The number of halogens is 1. The number of carbonyl (C=O) groups is 1. The number of ether oxygens (including phenoxy) is 1. The number of Topliss-reactive ketones (excluding diaryl/α,β-unsaturated/α-hetero) is 1. The van der Waals surface area contributed by atoms with E-state index in [1.807, 2.05) is 60.7 Å². The third-order valence-corrected chi connectivity index (χ3v) is 4.30. The minimum absolute atomic E-state index is 0.118. The summed E-state index contributed by atoms with van der Waals surface area (Å²) in [6, 6.07) is 19.3. The van der Waals surface area contributed by atoms with Crippen molar-refractivity contribution < 1.29 is 9.53 Å². The van der Waals surface area contributed by atoms with Gasteiger partial charge in [0.2, 0.25) is 0 Å². The molecule has 4 rings (SSSR count). The van der Waals surface area contributed by atoms with Crippen LogP contribution in [-0.2, 0) is 0 Å². The Kier molecular flexibility index (Phi) is 3.12. The van der Waals surface area contributed by atoms with Crippen LogP contribution in [0.1, 0.15) is 28.4 Å². The molecule has 0 spiro atoms. The second kappa shape index (κ2) is 5.15. The minimum Gasteiger partial charge on any atom is -0.484 e. The smallest absolute Gasteiger partial charge is 0.170 e. The summed E-state index contributed by atoms with van der Waals surface area (Å²) in [5, 5.41) is 2.73. The van der Waals surface area contributed by atoms with Gasteiger partial charge in [-0.25, -0.2) is 0 Å². The van der Waals surface area contributed by atoms with E-state index in [1.165, 1.54) is 0 Å². The fourth-order valence-corrected chi connectivity index (χ4v) is 3.04. The van der Waals surface area contributed by atoms with Gasteiger partial charge in [-0.05, 0) is 29.1 Å². The second-order valence-electron chi connectivity index (χ2n) is 5.45. The summed E-state index contributed by atoms with van der Waals surface area (Å²) >= 11 is 5.93. The molecule has 0 fully saturated rings. The van der Waals surface area contributed by atoms with Crippen LogP contribution in [0.2, 0.25) is 5.02 Å². The van der Waals surface area contributed by atoms with E-state index in [9.17, 15) is 4.79 Å². The van der Waals surface area contributed by atoms with Crippen LogP contribution in [-0.4, -0.2) is 5.78 Å². The standard InChI is InChI=1S/C19H13ClO2/c20-14-8-5-13(6-9-14)18-11-17(21)16-10-7-12-3-1-2-4-15(12)19(16)22-18/h1-10,18H,11H2. The van der Waals surface area contributed by atoms with Gasteiger partial charge < -0.3 is 4.74 Å². The van der Waals surface area contributed by atoms with Crippen LogP contribution in [0.4, 0.5) is 0 Å². The van der Waals surface area contributed by atoms with Crippen molar-refractivity contribution in [3.63, 3.8) is 0 Å². The van der Waals surface area contributed by atoms with Crippen LogP contribution in [0.15, 0.2) is 60.7 Å². The first kappa shape index (κ1) is 13.4. The Labute approximate surface area is 133 Å². The van der Waals surface area contributed by atoms with Crippen molar-refractivity contribution in [1.82, 2.24) is 0 Å². The van der Waals surface area contributed by atoms with E-state index >= 15 is 0 Å². The predicted molar refractivity (Wildman–Crippen MR) is 87.7 cm³/mol. The molecule has 0 amide bonds. The fraction of sp³-hybridized carbons (Fsp3) is 0.105. The highest BCUT2D eigenvalue weighted by atomic mass is 35.5. The maximum atomic E-state index is 12.5. The van der Waals surface area contributed by atoms with Crippen molar-refractivity contribution in [3.8, 4) is 5.75 Å². The molecule has 3 aromatic carbocycles. The molecule has 1 aliphatic heterocycles. The van der Waals surface area contributed by atoms with Crippen molar-refractivity contribution in [2.75, 3.05) is 0 Å². The summed E-state index contributed by atoms with van der Waals surface area (Å²) in [6.45, 7) is 0. The lowest BCUT2D eigenvalue weighted by Gasteiger charge is -2.26. The molecule has 22 heavy (non-hydrogen) atoms. The molecule has 0 saturated carbocycles. The van der Waals surface area contributed by atoms with E-state index in [-0.39, 0.29) is 11.9 Å². The van der Waals surface area contributed by atoms with Crippen LogP contribution in [0.3, 0.4) is 0 Å². The van der Waals surface area contributed by atoms with Gasteiger partial charge in [-0.2, -0.15) is 0 Å². The molecular formula is C19H13ClO2. The normalized spacial score (nSPS) is 17.1. The Hall–Kier alpha value is -2.32. The molecule has 0 bridgehead atoms. The van der Waals surface area contributed by atoms with E-state index in [2.05, 4.69) is 0 Å². The van der Waals surface area contributed by atoms with Crippen molar-refractivity contribution in [2.45, 2.75) is 12.5 Å². The zero-order chi connectivity index (χ0) is 15.1. The zero-order valence-electron chi connectivity index (χ0n) is 11.8. The molecule has 0 radical (unpaired) electrons. The monoisotopic (exact) mass is 308 g/mol. The van der Waals surface area contributed by atoms with E-state index in [0.29, 0.717) is 22.8 Å². The van der Waals surface area contributed by atoms with Gasteiger partial charge in [0.15, 0.2) is 5.78 Å². The Morgan fingerprint density at radius 3 is 2.55 bits per heavy atom. The van der Waals surface area contributed by atoms with E-state index < -0.39 is 0 Å². The number of benzene rings is 3. The average molecular weight is 309 g/mol. The lowest BCUT2D eigenvalue weighted by molar-refractivity contribution is 0.0853. The first-order valence-electron chi connectivity index (χ1n) is 7.19. The highest BCUT2D eigenvalue weighted by molar-refractivity contribution is 6.30. The molecule has 1 atom stereocenters. The molecule has 0 aliphatic carbocycles. The summed E-state index contributed by atoms with van der Waals surface area (Å²) in [5.41, 5.74) is 1.64.